The lowest BCUT2D eigenvalue weighted by molar-refractivity contribution is 0.351. The minimum atomic E-state index is 0.430. The second kappa shape index (κ2) is 6.39. The van der Waals surface area contributed by atoms with Gasteiger partial charge in [0, 0.05) is 39.3 Å². The van der Waals surface area contributed by atoms with Crippen LogP contribution in [0.25, 0.3) is 0 Å². The molecule has 2 heterocycles. The third-order valence-electron chi connectivity index (χ3n) is 3.77. The summed E-state index contributed by atoms with van der Waals surface area (Å²) in [4.78, 5) is 2.80. The Kier molecular flexibility index (Phi) is 4.53. The van der Waals surface area contributed by atoms with Gasteiger partial charge in [-0.2, -0.15) is 0 Å². The lowest BCUT2D eigenvalue weighted by Crippen LogP contribution is -2.27. The number of benzene rings is 1. The maximum absolute atomic E-state index is 6.19. The number of aryl methyl sites for hydroxylation is 1. The third kappa shape index (κ3) is 3.60. The smallest absolute Gasteiger partial charge is 0.127 e. The van der Waals surface area contributed by atoms with Gasteiger partial charge in [0.2, 0.25) is 0 Å². The highest BCUT2D eigenvalue weighted by molar-refractivity contribution is 7.11. The van der Waals surface area contributed by atoms with Gasteiger partial charge in [-0.25, -0.2) is 0 Å². The predicted octanol–water partition coefficient (Wildman–Crippen LogP) is 4.37. The van der Waals surface area contributed by atoms with Crippen molar-refractivity contribution in [2.75, 3.05) is 6.61 Å². The average Bonchev–Trinajstić information content (AvgIpc) is 3.04. The molecular weight excluding hydrogens is 302 g/mol. The number of thiophene rings is 1. The Bertz CT molecular complexity index is 638. The van der Waals surface area contributed by atoms with Gasteiger partial charge in [-0.1, -0.05) is 11.6 Å². The van der Waals surface area contributed by atoms with Gasteiger partial charge >= 0.3 is 0 Å². The predicted molar refractivity (Wildman–Crippen MR) is 89.7 cm³/mol. The van der Waals surface area contributed by atoms with Crippen molar-refractivity contribution in [2.45, 2.75) is 39.3 Å². The second-order valence-electron chi connectivity index (χ2n) is 5.65. The van der Waals surface area contributed by atoms with Crippen LogP contribution in [0.5, 0.6) is 5.75 Å². The largest absolute Gasteiger partial charge is 0.493 e. The van der Waals surface area contributed by atoms with Crippen LogP contribution in [0.2, 0.25) is 5.02 Å². The molecule has 21 heavy (non-hydrogen) atoms. The molecule has 1 atom stereocenters. The van der Waals surface area contributed by atoms with Gasteiger partial charge in [-0.15, -0.1) is 11.3 Å². The Morgan fingerprint density at radius 3 is 3.00 bits per heavy atom. The molecule has 1 unspecified atom stereocenters. The first-order valence-electron chi connectivity index (χ1n) is 7.34. The summed E-state index contributed by atoms with van der Waals surface area (Å²) in [6.45, 7) is 5.95. The molecule has 0 spiro atoms. The molecule has 1 N–H and O–H groups in total. The Balaban J connectivity index is 1.62. The van der Waals surface area contributed by atoms with Crippen molar-refractivity contribution in [3.8, 4) is 5.75 Å². The van der Waals surface area contributed by atoms with E-state index < -0.39 is 0 Å². The molecule has 1 aromatic heterocycles. The maximum atomic E-state index is 6.19. The number of ether oxygens (including phenoxy) is 1. The number of nitrogens with one attached hydrogen (secondary N) is 1. The molecule has 3 rings (SSSR count). The SMILES string of the molecule is Cc1ccc(CC(C)NCc2cc(Cl)cc3c2OCC3)s1. The summed E-state index contributed by atoms with van der Waals surface area (Å²) in [7, 11) is 0. The van der Waals surface area contributed by atoms with Crippen LogP contribution in [-0.2, 0) is 19.4 Å². The van der Waals surface area contributed by atoms with Crippen molar-refractivity contribution in [1.29, 1.82) is 0 Å². The van der Waals surface area contributed by atoms with E-state index in [0.29, 0.717) is 6.04 Å². The molecule has 0 bridgehead atoms. The molecule has 0 radical (unpaired) electrons. The highest BCUT2D eigenvalue weighted by atomic mass is 35.5. The Labute approximate surface area is 135 Å². The van der Waals surface area contributed by atoms with Crippen LogP contribution in [0.15, 0.2) is 24.3 Å². The van der Waals surface area contributed by atoms with Crippen molar-refractivity contribution in [3.63, 3.8) is 0 Å². The van der Waals surface area contributed by atoms with Gasteiger partial charge < -0.3 is 10.1 Å². The lowest BCUT2D eigenvalue weighted by Gasteiger charge is -2.15. The summed E-state index contributed by atoms with van der Waals surface area (Å²) in [5, 5.41) is 4.38. The lowest BCUT2D eigenvalue weighted by atomic mass is 10.1. The normalized spacial score (nSPS) is 14.8. The molecule has 0 amide bonds. The summed E-state index contributed by atoms with van der Waals surface area (Å²) >= 11 is 8.07. The number of hydrogen-bond acceptors (Lipinski definition) is 3. The Morgan fingerprint density at radius 1 is 1.38 bits per heavy atom. The van der Waals surface area contributed by atoms with Crippen molar-refractivity contribution >= 4 is 22.9 Å². The molecule has 112 valence electrons. The molecule has 1 aliphatic rings. The van der Waals surface area contributed by atoms with Crippen molar-refractivity contribution in [2.24, 2.45) is 0 Å². The standard InChI is InChI=1S/C17H20ClNOS/c1-11(7-16-4-3-12(2)21-16)19-10-14-9-15(18)8-13-5-6-20-17(13)14/h3-4,8-9,11,19H,5-7,10H2,1-2H3. The average molecular weight is 322 g/mol. The summed E-state index contributed by atoms with van der Waals surface area (Å²) in [6, 6.07) is 8.87. The van der Waals surface area contributed by atoms with Crippen LogP contribution < -0.4 is 10.1 Å². The number of halogens is 1. The first-order chi connectivity index (χ1) is 10.1. The van der Waals surface area contributed by atoms with E-state index in [1.165, 1.54) is 20.9 Å². The van der Waals surface area contributed by atoms with E-state index in [9.17, 15) is 0 Å². The molecule has 1 aromatic carbocycles. The number of rotatable bonds is 5. The van der Waals surface area contributed by atoms with E-state index in [0.717, 1.165) is 36.8 Å². The fourth-order valence-electron chi connectivity index (χ4n) is 2.73. The van der Waals surface area contributed by atoms with Gasteiger partial charge in [0.15, 0.2) is 0 Å². The van der Waals surface area contributed by atoms with E-state index >= 15 is 0 Å². The Morgan fingerprint density at radius 2 is 2.24 bits per heavy atom. The third-order valence-corrected chi connectivity index (χ3v) is 5.01. The van der Waals surface area contributed by atoms with Crippen LogP contribution in [0.1, 0.15) is 27.8 Å². The van der Waals surface area contributed by atoms with Gasteiger partial charge in [0.05, 0.1) is 6.61 Å². The topological polar surface area (TPSA) is 21.3 Å². The fraction of sp³-hybridized carbons (Fsp3) is 0.412. The van der Waals surface area contributed by atoms with Crippen LogP contribution >= 0.6 is 22.9 Å². The molecular formula is C17H20ClNOS. The molecule has 1 aliphatic heterocycles. The van der Waals surface area contributed by atoms with E-state index in [4.69, 9.17) is 16.3 Å². The molecule has 0 aliphatic carbocycles. The minimum Gasteiger partial charge on any atom is -0.493 e. The number of fused-ring (bicyclic) bond motifs is 1. The molecule has 0 fully saturated rings. The van der Waals surface area contributed by atoms with Crippen molar-refractivity contribution in [3.05, 3.63) is 50.2 Å². The zero-order valence-electron chi connectivity index (χ0n) is 12.4. The van der Waals surface area contributed by atoms with Crippen LogP contribution in [-0.4, -0.2) is 12.6 Å². The fourth-order valence-corrected chi connectivity index (χ4v) is 4.01. The summed E-state index contributed by atoms with van der Waals surface area (Å²) in [5.41, 5.74) is 2.41. The molecule has 0 saturated carbocycles. The van der Waals surface area contributed by atoms with E-state index in [-0.39, 0.29) is 0 Å². The van der Waals surface area contributed by atoms with Crippen molar-refractivity contribution < 1.29 is 4.74 Å². The van der Waals surface area contributed by atoms with Gasteiger partial charge in [-0.05, 0) is 50.1 Å². The van der Waals surface area contributed by atoms with E-state index in [2.05, 4.69) is 31.3 Å². The summed E-state index contributed by atoms with van der Waals surface area (Å²) in [5.74, 6) is 1.03. The zero-order valence-corrected chi connectivity index (χ0v) is 14.0. The molecule has 0 saturated heterocycles. The summed E-state index contributed by atoms with van der Waals surface area (Å²) < 4.78 is 5.74. The van der Waals surface area contributed by atoms with Gasteiger partial charge in [0.25, 0.3) is 0 Å². The van der Waals surface area contributed by atoms with Gasteiger partial charge in [0.1, 0.15) is 5.75 Å². The second-order valence-corrected chi connectivity index (χ2v) is 7.46. The van der Waals surface area contributed by atoms with E-state index in [1.54, 1.807) is 0 Å². The Hall–Kier alpha value is -1.03. The first-order valence-corrected chi connectivity index (χ1v) is 8.54. The van der Waals surface area contributed by atoms with Crippen LogP contribution in [0.3, 0.4) is 0 Å². The van der Waals surface area contributed by atoms with Gasteiger partial charge in [-0.3, -0.25) is 0 Å². The minimum absolute atomic E-state index is 0.430. The highest BCUT2D eigenvalue weighted by Gasteiger charge is 2.17. The molecule has 2 nitrogen and oxygen atoms in total. The summed E-state index contributed by atoms with van der Waals surface area (Å²) in [6.07, 6.45) is 2.02. The quantitative estimate of drug-likeness (QED) is 0.883. The molecule has 2 aromatic rings. The van der Waals surface area contributed by atoms with Crippen molar-refractivity contribution in [1.82, 2.24) is 5.32 Å². The monoisotopic (exact) mass is 321 g/mol. The maximum Gasteiger partial charge on any atom is 0.127 e. The first kappa shape index (κ1) is 14.9. The highest BCUT2D eigenvalue weighted by Crippen LogP contribution is 2.32. The number of hydrogen-bond donors (Lipinski definition) is 1. The molecule has 4 heteroatoms. The van der Waals surface area contributed by atoms with Crippen LogP contribution in [0, 0.1) is 6.92 Å². The van der Waals surface area contributed by atoms with Crippen LogP contribution in [0.4, 0.5) is 0 Å². The van der Waals surface area contributed by atoms with E-state index in [1.807, 2.05) is 23.5 Å². The zero-order chi connectivity index (χ0) is 14.8.